The van der Waals surface area contributed by atoms with Gasteiger partial charge in [-0.25, -0.2) is 9.97 Å². The lowest BCUT2D eigenvalue weighted by molar-refractivity contribution is -0.120. The van der Waals surface area contributed by atoms with E-state index in [0.29, 0.717) is 6.61 Å². The fourth-order valence-electron chi connectivity index (χ4n) is 1.53. The van der Waals surface area contributed by atoms with E-state index in [9.17, 15) is 13.2 Å². The maximum atomic E-state index is 12.5. The van der Waals surface area contributed by atoms with Crippen LogP contribution in [0.5, 0.6) is 0 Å². The first-order valence-electron chi connectivity index (χ1n) is 5.99. The molecule has 9 heteroatoms. The van der Waals surface area contributed by atoms with Crippen molar-refractivity contribution in [3.05, 3.63) is 11.9 Å². The highest BCUT2D eigenvalue weighted by molar-refractivity contribution is 5.47. The number of aromatic nitrogens is 2. The van der Waals surface area contributed by atoms with Crippen LogP contribution in [-0.4, -0.2) is 47.6 Å². The number of ether oxygens (including phenoxy) is 1. The number of alkyl halides is 3. The van der Waals surface area contributed by atoms with E-state index in [-0.39, 0.29) is 30.6 Å². The van der Waals surface area contributed by atoms with E-state index in [1.165, 1.54) is 6.07 Å². The Morgan fingerprint density at radius 3 is 2.65 bits per heavy atom. The zero-order valence-corrected chi connectivity index (χ0v) is 11.0. The molecule has 6 nitrogen and oxygen atoms in total. The average Bonchev–Trinajstić information content (AvgIpc) is 2.33. The molecule has 114 valence electrons. The Morgan fingerprint density at radius 1 is 1.40 bits per heavy atom. The van der Waals surface area contributed by atoms with Gasteiger partial charge in [-0.1, -0.05) is 0 Å². The SMILES string of the molecule is CCOCc1nc(N)cc(N(CCO)CC(F)(F)F)n1. The number of halogens is 3. The summed E-state index contributed by atoms with van der Waals surface area (Å²) in [4.78, 5) is 8.75. The lowest BCUT2D eigenvalue weighted by Crippen LogP contribution is -2.37. The van der Waals surface area contributed by atoms with E-state index in [0.717, 1.165) is 4.90 Å². The predicted octanol–water partition coefficient (Wildman–Crippen LogP) is 0.956. The normalized spacial score (nSPS) is 11.7. The highest BCUT2D eigenvalue weighted by Crippen LogP contribution is 2.21. The molecule has 0 unspecified atom stereocenters. The van der Waals surface area contributed by atoms with Gasteiger partial charge in [0.2, 0.25) is 0 Å². The fourth-order valence-corrected chi connectivity index (χ4v) is 1.53. The summed E-state index contributed by atoms with van der Waals surface area (Å²) < 4.78 is 42.6. The van der Waals surface area contributed by atoms with Crippen LogP contribution in [-0.2, 0) is 11.3 Å². The van der Waals surface area contributed by atoms with Crippen LogP contribution >= 0.6 is 0 Å². The molecular weight excluding hydrogens is 277 g/mol. The van der Waals surface area contributed by atoms with Crippen molar-refractivity contribution in [1.29, 1.82) is 0 Å². The zero-order chi connectivity index (χ0) is 15.2. The first kappa shape index (κ1) is 16.4. The molecule has 0 aliphatic rings. The molecule has 0 amide bonds. The van der Waals surface area contributed by atoms with Crippen molar-refractivity contribution in [1.82, 2.24) is 9.97 Å². The van der Waals surface area contributed by atoms with E-state index in [2.05, 4.69) is 9.97 Å². The van der Waals surface area contributed by atoms with Crippen molar-refractivity contribution in [2.45, 2.75) is 19.7 Å². The monoisotopic (exact) mass is 294 g/mol. The molecule has 0 aliphatic heterocycles. The number of anilines is 2. The van der Waals surface area contributed by atoms with Gasteiger partial charge in [-0.15, -0.1) is 0 Å². The van der Waals surface area contributed by atoms with Crippen LogP contribution in [0.1, 0.15) is 12.7 Å². The number of rotatable bonds is 7. The second-order valence-electron chi connectivity index (χ2n) is 3.96. The maximum Gasteiger partial charge on any atom is 0.405 e. The van der Waals surface area contributed by atoms with Gasteiger partial charge in [0.25, 0.3) is 0 Å². The van der Waals surface area contributed by atoms with E-state index in [4.69, 9.17) is 15.6 Å². The molecule has 0 fully saturated rings. The van der Waals surface area contributed by atoms with E-state index in [1.807, 2.05) is 0 Å². The standard InChI is InChI=1S/C11H17F3N4O2/c1-2-20-6-9-16-8(15)5-10(17-9)18(3-4-19)7-11(12,13)14/h5,19H,2-4,6-7H2,1H3,(H2,15,16,17). The zero-order valence-electron chi connectivity index (χ0n) is 11.0. The first-order chi connectivity index (χ1) is 9.35. The van der Waals surface area contributed by atoms with Crippen molar-refractivity contribution in [2.75, 3.05) is 36.9 Å². The number of nitrogen functional groups attached to an aromatic ring is 1. The molecule has 0 spiro atoms. The van der Waals surface area contributed by atoms with Crippen LogP contribution < -0.4 is 10.6 Å². The van der Waals surface area contributed by atoms with Gasteiger partial charge < -0.3 is 20.5 Å². The molecule has 0 saturated heterocycles. The van der Waals surface area contributed by atoms with Gasteiger partial charge in [0, 0.05) is 19.2 Å². The second kappa shape index (κ2) is 7.25. The molecule has 0 aromatic carbocycles. The summed E-state index contributed by atoms with van der Waals surface area (Å²) in [6.45, 7) is 0.405. The quantitative estimate of drug-likeness (QED) is 0.779. The summed E-state index contributed by atoms with van der Waals surface area (Å²) >= 11 is 0. The molecule has 20 heavy (non-hydrogen) atoms. The first-order valence-corrected chi connectivity index (χ1v) is 5.99. The Hall–Kier alpha value is -1.61. The third-order valence-corrected chi connectivity index (χ3v) is 2.28. The highest BCUT2D eigenvalue weighted by Gasteiger charge is 2.31. The highest BCUT2D eigenvalue weighted by atomic mass is 19.4. The van der Waals surface area contributed by atoms with Gasteiger partial charge in [-0.3, -0.25) is 0 Å². The molecule has 0 radical (unpaired) electrons. The van der Waals surface area contributed by atoms with Crippen LogP contribution in [0, 0.1) is 0 Å². The summed E-state index contributed by atoms with van der Waals surface area (Å²) in [6.07, 6.45) is -4.41. The van der Waals surface area contributed by atoms with Crippen LogP contribution in [0.2, 0.25) is 0 Å². The Morgan fingerprint density at radius 2 is 2.10 bits per heavy atom. The molecular formula is C11H17F3N4O2. The van der Waals surface area contributed by atoms with Gasteiger partial charge in [0.1, 0.15) is 24.8 Å². The lowest BCUT2D eigenvalue weighted by Gasteiger charge is -2.24. The molecule has 0 aliphatic carbocycles. The number of nitrogens with zero attached hydrogens (tertiary/aromatic N) is 3. The minimum atomic E-state index is -4.41. The average molecular weight is 294 g/mol. The molecule has 0 bridgehead atoms. The molecule has 0 saturated carbocycles. The van der Waals surface area contributed by atoms with Crippen molar-refractivity contribution < 1.29 is 23.0 Å². The third kappa shape index (κ3) is 5.57. The number of aliphatic hydroxyl groups excluding tert-OH is 1. The third-order valence-electron chi connectivity index (χ3n) is 2.28. The number of hydrogen-bond donors (Lipinski definition) is 2. The van der Waals surface area contributed by atoms with E-state index >= 15 is 0 Å². The maximum absolute atomic E-state index is 12.5. The van der Waals surface area contributed by atoms with Crippen molar-refractivity contribution in [3.63, 3.8) is 0 Å². The molecule has 1 aromatic rings. The summed E-state index contributed by atoms with van der Waals surface area (Å²) in [5.74, 6) is 0.264. The topological polar surface area (TPSA) is 84.5 Å². The smallest absolute Gasteiger partial charge is 0.395 e. The van der Waals surface area contributed by atoms with Crippen LogP contribution in [0.15, 0.2) is 6.07 Å². The van der Waals surface area contributed by atoms with Gasteiger partial charge in [-0.05, 0) is 6.92 Å². The summed E-state index contributed by atoms with van der Waals surface area (Å²) in [5, 5.41) is 8.87. The largest absolute Gasteiger partial charge is 0.405 e. The van der Waals surface area contributed by atoms with Crippen molar-refractivity contribution in [2.24, 2.45) is 0 Å². The molecule has 1 heterocycles. The number of aliphatic hydroxyl groups is 1. The molecule has 3 N–H and O–H groups in total. The van der Waals surface area contributed by atoms with E-state index < -0.39 is 19.3 Å². The second-order valence-corrected chi connectivity index (χ2v) is 3.96. The summed E-state index contributed by atoms with van der Waals surface area (Å²) in [6, 6.07) is 1.23. The lowest BCUT2D eigenvalue weighted by atomic mass is 10.4. The Bertz CT molecular complexity index is 429. The number of nitrogens with two attached hydrogens (primary N) is 1. The fraction of sp³-hybridized carbons (Fsp3) is 0.636. The van der Waals surface area contributed by atoms with Crippen LogP contribution in [0.25, 0.3) is 0 Å². The van der Waals surface area contributed by atoms with Crippen molar-refractivity contribution >= 4 is 11.6 Å². The van der Waals surface area contributed by atoms with E-state index in [1.54, 1.807) is 6.92 Å². The van der Waals surface area contributed by atoms with Gasteiger partial charge in [-0.2, -0.15) is 13.2 Å². The van der Waals surface area contributed by atoms with Crippen LogP contribution in [0.4, 0.5) is 24.8 Å². The van der Waals surface area contributed by atoms with Gasteiger partial charge in [0.15, 0.2) is 5.82 Å². The Kier molecular flexibility index (Phi) is 5.96. The molecule has 1 aromatic heterocycles. The summed E-state index contributed by atoms with van der Waals surface area (Å²) in [7, 11) is 0. The predicted molar refractivity (Wildman–Crippen MR) is 67.1 cm³/mol. The van der Waals surface area contributed by atoms with Gasteiger partial charge >= 0.3 is 6.18 Å². The minimum absolute atomic E-state index is 0.0126. The van der Waals surface area contributed by atoms with Crippen LogP contribution in [0.3, 0.4) is 0 Å². The molecule has 1 rings (SSSR count). The summed E-state index contributed by atoms with van der Waals surface area (Å²) in [5.41, 5.74) is 5.55. The molecule has 0 atom stereocenters. The minimum Gasteiger partial charge on any atom is -0.395 e. The Balaban J connectivity index is 2.96. The van der Waals surface area contributed by atoms with Gasteiger partial charge in [0.05, 0.1) is 6.61 Å². The van der Waals surface area contributed by atoms with Crippen molar-refractivity contribution in [3.8, 4) is 0 Å². The number of hydrogen-bond acceptors (Lipinski definition) is 6. The Labute approximate surface area is 114 Å².